The van der Waals surface area contributed by atoms with Crippen molar-refractivity contribution in [2.24, 2.45) is 0 Å². The Balaban J connectivity index is 1.57. The van der Waals surface area contributed by atoms with Crippen LogP contribution in [0.25, 0.3) is 17.2 Å². The van der Waals surface area contributed by atoms with Gasteiger partial charge in [0.2, 0.25) is 0 Å². The van der Waals surface area contributed by atoms with Gasteiger partial charge in [0.1, 0.15) is 0 Å². The maximum Gasteiger partial charge on any atom is 0.255 e. The van der Waals surface area contributed by atoms with Crippen molar-refractivity contribution in [1.29, 1.82) is 0 Å². The first-order chi connectivity index (χ1) is 13.9. The average Bonchev–Trinajstić information content (AvgIpc) is 3.38. The minimum atomic E-state index is -0.247. The van der Waals surface area contributed by atoms with Crippen LogP contribution in [-0.2, 0) is 6.54 Å². The van der Waals surface area contributed by atoms with E-state index in [0.29, 0.717) is 23.0 Å². The summed E-state index contributed by atoms with van der Waals surface area (Å²) in [6.07, 6.45) is 3.23. The Morgan fingerprint density at radius 3 is 2.76 bits per heavy atom. The topological polar surface area (TPSA) is 98.7 Å². The maximum atomic E-state index is 12.6. The molecule has 1 N–H and O–H groups in total. The minimum Gasteiger partial charge on any atom is -0.359 e. The van der Waals surface area contributed by atoms with Crippen LogP contribution in [0.2, 0.25) is 0 Å². The Morgan fingerprint density at radius 1 is 1.24 bits per heavy atom. The molecule has 0 saturated heterocycles. The van der Waals surface area contributed by atoms with Crippen LogP contribution in [0.5, 0.6) is 0 Å². The number of hydrogen-bond acceptors (Lipinski definition) is 7. The zero-order chi connectivity index (χ0) is 20.5. The fourth-order valence-corrected chi connectivity index (χ4v) is 4.02. The zero-order valence-electron chi connectivity index (χ0n) is 16.6. The summed E-state index contributed by atoms with van der Waals surface area (Å²) in [6, 6.07) is 5.78. The molecule has 4 aromatic heterocycles. The second kappa shape index (κ2) is 7.59. The SMILES string of the molecule is Cc1cc(CNC(=O)c2cnn(-c3nccc(-c4cc(C)sc4C)n3)c2C)on1. The summed E-state index contributed by atoms with van der Waals surface area (Å²) in [5.74, 6) is 0.773. The molecule has 0 fully saturated rings. The highest BCUT2D eigenvalue weighted by molar-refractivity contribution is 7.12. The predicted molar refractivity (Wildman–Crippen MR) is 109 cm³/mol. The number of carbonyl (C=O) groups excluding carboxylic acids is 1. The number of hydrogen-bond donors (Lipinski definition) is 1. The van der Waals surface area contributed by atoms with E-state index in [1.165, 1.54) is 16.0 Å². The van der Waals surface area contributed by atoms with Gasteiger partial charge in [-0.05, 0) is 39.8 Å². The van der Waals surface area contributed by atoms with E-state index in [1.54, 1.807) is 28.3 Å². The summed E-state index contributed by atoms with van der Waals surface area (Å²) >= 11 is 1.73. The third-order valence-corrected chi connectivity index (χ3v) is 5.47. The molecule has 0 aliphatic rings. The Morgan fingerprint density at radius 2 is 2.07 bits per heavy atom. The lowest BCUT2D eigenvalue weighted by Crippen LogP contribution is -2.23. The third-order valence-electron chi connectivity index (χ3n) is 4.50. The van der Waals surface area contributed by atoms with E-state index in [1.807, 2.05) is 19.9 Å². The van der Waals surface area contributed by atoms with Gasteiger partial charge in [-0.1, -0.05) is 5.16 Å². The van der Waals surface area contributed by atoms with Gasteiger partial charge in [-0.25, -0.2) is 14.6 Å². The first-order valence-electron chi connectivity index (χ1n) is 9.08. The molecule has 0 radical (unpaired) electrons. The number of aryl methyl sites for hydroxylation is 3. The van der Waals surface area contributed by atoms with Gasteiger partial charge in [0.25, 0.3) is 11.9 Å². The molecule has 4 heterocycles. The van der Waals surface area contributed by atoms with E-state index in [0.717, 1.165) is 17.0 Å². The van der Waals surface area contributed by atoms with E-state index in [4.69, 9.17) is 4.52 Å². The van der Waals surface area contributed by atoms with Crippen LogP contribution in [0.4, 0.5) is 0 Å². The van der Waals surface area contributed by atoms with Crippen LogP contribution in [-0.4, -0.2) is 30.8 Å². The van der Waals surface area contributed by atoms with Crippen molar-refractivity contribution in [3.8, 4) is 17.2 Å². The number of nitrogens with one attached hydrogen (secondary N) is 1. The number of thiophene rings is 1. The quantitative estimate of drug-likeness (QED) is 0.542. The average molecular weight is 408 g/mol. The molecule has 0 spiro atoms. The first-order valence-corrected chi connectivity index (χ1v) is 9.90. The maximum absolute atomic E-state index is 12.6. The number of carbonyl (C=O) groups is 1. The molecule has 0 aromatic carbocycles. The Bertz CT molecular complexity index is 1190. The Labute approximate surface area is 171 Å². The Hall–Kier alpha value is -3.33. The summed E-state index contributed by atoms with van der Waals surface area (Å²) < 4.78 is 6.69. The van der Waals surface area contributed by atoms with Gasteiger partial charge in [-0.15, -0.1) is 11.3 Å². The molecule has 0 aliphatic carbocycles. The molecule has 8 nitrogen and oxygen atoms in total. The molecular weight excluding hydrogens is 388 g/mol. The minimum absolute atomic E-state index is 0.247. The van der Waals surface area contributed by atoms with Crippen LogP contribution in [0.15, 0.2) is 35.1 Å². The van der Waals surface area contributed by atoms with Crippen LogP contribution < -0.4 is 5.32 Å². The van der Waals surface area contributed by atoms with Crippen LogP contribution in [0, 0.1) is 27.7 Å². The molecule has 4 rings (SSSR count). The number of aromatic nitrogens is 5. The van der Waals surface area contributed by atoms with Gasteiger partial charge in [-0.2, -0.15) is 5.10 Å². The van der Waals surface area contributed by atoms with Gasteiger partial charge in [-0.3, -0.25) is 4.79 Å². The van der Waals surface area contributed by atoms with Crippen molar-refractivity contribution < 1.29 is 9.32 Å². The second-order valence-corrected chi connectivity index (χ2v) is 8.20. The first kappa shape index (κ1) is 19.0. The van der Waals surface area contributed by atoms with Gasteiger partial charge < -0.3 is 9.84 Å². The second-order valence-electron chi connectivity index (χ2n) is 6.74. The van der Waals surface area contributed by atoms with Gasteiger partial charge >= 0.3 is 0 Å². The lowest BCUT2D eigenvalue weighted by atomic mass is 10.2. The van der Waals surface area contributed by atoms with Crippen molar-refractivity contribution in [1.82, 2.24) is 30.2 Å². The standard InChI is InChI=1S/C20H20N6O2S/c1-11-7-15(28-25-11)9-22-19(27)17-10-23-26(13(17)3)20-21-6-5-18(24-20)16-8-12(2)29-14(16)4/h5-8,10H,9H2,1-4H3,(H,22,27). The highest BCUT2D eigenvalue weighted by Gasteiger charge is 2.18. The molecule has 1 amide bonds. The summed E-state index contributed by atoms with van der Waals surface area (Å²) in [5.41, 5.74) is 3.80. The van der Waals surface area contributed by atoms with Crippen LogP contribution in [0.3, 0.4) is 0 Å². The van der Waals surface area contributed by atoms with E-state index >= 15 is 0 Å². The smallest absolute Gasteiger partial charge is 0.255 e. The van der Waals surface area contributed by atoms with Gasteiger partial charge in [0.15, 0.2) is 5.76 Å². The highest BCUT2D eigenvalue weighted by Crippen LogP contribution is 2.29. The number of nitrogens with zero attached hydrogens (tertiary/aromatic N) is 5. The van der Waals surface area contributed by atoms with E-state index in [-0.39, 0.29) is 12.5 Å². The van der Waals surface area contributed by atoms with Crippen molar-refractivity contribution >= 4 is 17.2 Å². The molecule has 9 heteroatoms. The Kier molecular flexibility index (Phi) is 4.98. The van der Waals surface area contributed by atoms with Gasteiger partial charge in [0.05, 0.1) is 35.4 Å². The molecule has 0 saturated carbocycles. The number of rotatable bonds is 5. The van der Waals surface area contributed by atoms with Gasteiger partial charge in [0, 0.05) is 27.6 Å². The fraction of sp³-hybridized carbons (Fsp3) is 0.250. The molecule has 148 valence electrons. The summed E-state index contributed by atoms with van der Waals surface area (Å²) in [5, 5.41) is 11.0. The van der Waals surface area contributed by atoms with Crippen LogP contribution >= 0.6 is 11.3 Å². The largest absolute Gasteiger partial charge is 0.359 e. The summed E-state index contributed by atoms with van der Waals surface area (Å²) in [6.45, 7) is 8.05. The molecule has 0 unspecified atom stereocenters. The van der Waals surface area contributed by atoms with Crippen molar-refractivity contribution in [3.05, 3.63) is 63.1 Å². The van der Waals surface area contributed by atoms with Crippen molar-refractivity contribution in [3.63, 3.8) is 0 Å². The normalized spacial score (nSPS) is 11.0. The molecule has 0 aliphatic heterocycles. The zero-order valence-corrected chi connectivity index (χ0v) is 17.4. The molecule has 29 heavy (non-hydrogen) atoms. The highest BCUT2D eigenvalue weighted by atomic mass is 32.1. The van der Waals surface area contributed by atoms with Crippen LogP contribution in [0.1, 0.15) is 37.3 Å². The summed E-state index contributed by atoms with van der Waals surface area (Å²) in [4.78, 5) is 24.0. The number of amides is 1. The monoisotopic (exact) mass is 408 g/mol. The van der Waals surface area contributed by atoms with E-state index < -0.39 is 0 Å². The van der Waals surface area contributed by atoms with E-state index in [2.05, 4.69) is 45.5 Å². The predicted octanol–water partition coefficient (Wildman–Crippen LogP) is 3.54. The lowest BCUT2D eigenvalue weighted by molar-refractivity contribution is 0.0946. The lowest BCUT2D eigenvalue weighted by Gasteiger charge is -2.06. The van der Waals surface area contributed by atoms with Crippen molar-refractivity contribution in [2.45, 2.75) is 34.2 Å². The van der Waals surface area contributed by atoms with Crippen molar-refractivity contribution in [2.75, 3.05) is 0 Å². The molecule has 0 bridgehead atoms. The molecule has 0 atom stereocenters. The molecule has 4 aromatic rings. The fourth-order valence-electron chi connectivity index (χ4n) is 3.08. The third kappa shape index (κ3) is 3.81. The summed E-state index contributed by atoms with van der Waals surface area (Å²) in [7, 11) is 0. The molecular formula is C20H20N6O2S. The van der Waals surface area contributed by atoms with E-state index in [9.17, 15) is 4.79 Å².